The molecule has 1 aromatic heterocycles. The highest BCUT2D eigenvalue weighted by atomic mass is 35.5. The van der Waals surface area contributed by atoms with Crippen LogP contribution in [0.1, 0.15) is 5.56 Å². The number of nitrogens with zero attached hydrogens (tertiary/aromatic N) is 1. The van der Waals surface area contributed by atoms with Crippen LogP contribution in [0.25, 0.3) is 0 Å². The second-order valence-electron chi connectivity index (χ2n) is 3.35. The average Bonchev–Trinajstić information content (AvgIpc) is 2.32. The van der Waals surface area contributed by atoms with Gasteiger partial charge in [0.05, 0.1) is 5.56 Å². The molecule has 0 atom stereocenters. The molecule has 93 valence electrons. The van der Waals surface area contributed by atoms with E-state index in [-0.39, 0.29) is 10.9 Å². The summed E-state index contributed by atoms with van der Waals surface area (Å²) < 4.78 is 42.4. The summed E-state index contributed by atoms with van der Waals surface area (Å²) in [4.78, 5) is 3.56. The minimum Gasteiger partial charge on any atom is -0.438 e. The van der Waals surface area contributed by atoms with E-state index < -0.39 is 11.7 Å². The molecule has 2 rings (SSSR count). The summed E-state index contributed by atoms with van der Waals surface area (Å²) in [5.41, 5.74) is -0.916. The number of halogens is 4. The van der Waals surface area contributed by atoms with Crippen LogP contribution < -0.4 is 4.74 Å². The molecule has 1 radical (unpaired) electrons. The number of ether oxygens (including phenoxy) is 1. The van der Waals surface area contributed by atoms with Gasteiger partial charge in [0.1, 0.15) is 10.8 Å². The lowest BCUT2D eigenvalue weighted by Crippen LogP contribution is -2.05. The van der Waals surface area contributed by atoms with Gasteiger partial charge in [-0.2, -0.15) is 13.2 Å². The molecule has 0 spiro atoms. The van der Waals surface area contributed by atoms with E-state index in [4.69, 9.17) is 16.3 Å². The highest BCUT2D eigenvalue weighted by Gasteiger charge is 2.31. The Morgan fingerprint density at radius 2 is 1.89 bits per heavy atom. The number of benzene rings is 1. The molecular weight excluding hydrogens is 267 g/mol. The van der Waals surface area contributed by atoms with Gasteiger partial charge in [-0.05, 0) is 24.3 Å². The highest BCUT2D eigenvalue weighted by Crippen LogP contribution is 2.34. The van der Waals surface area contributed by atoms with Gasteiger partial charge in [-0.25, -0.2) is 4.98 Å². The third-order valence-corrected chi connectivity index (χ3v) is 2.31. The summed E-state index contributed by atoms with van der Waals surface area (Å²) in [6.45, 7) is 0. The van der Waals surface area contributed by atoms with Crippen molar-refractivity contribution in [1.29, 1.82) is 0 Å². The van der Waals surface area contributed by atoms with Crippen molar-refractivity contribution >= 4 is 11.6 Å². The predicted octanol–water partition coefficient (Wildman–Crippen LogP) is 4.35. The first-order valence-corrected chi connectivity index (χ1v) is 5.21. The van der Waals surface area contributed by atoms with Crippen molar-refractivity contribution in [1.82, 2.24) is 4.98 Å². The summed E-state index contributed by atoms with van der Waals surface area (Å²) in [6.07, 6.45) is -3.80. The molecule has 1 aromatic carbocycles. The van der Waals surface area contributed by atoms with Crippen LogP contribution in [0.5, 0.6) is 11.6 Å². The van der Waals surface area contributed by atoms with Crippen molar-refractivity contribution in [3.63, 3.8) is 0 Å². The fourth-order valence-corrected chi connectivity index (χ4v) is 1.41. The van der Waals surface area contributed by atoms with E-state index in [2.05, 4.69) is 11.1 Å². The molecule has 0 aliphatic rings. The van der Waals surface area contributed by atoms with Gasteiger partial charge in [0.25, 0.3) is 0 Å². The standard InChI is InChI=1S/C12H6ClF3NO/c13-10-6-8(12(14,15)16)7-17-11(10)18-9-4-2-1-3-5-9/h2-7H. The second-order valence-corrected chi connectivity index (χ2v) is 3.75. The van der Waals surface area contributed by atoms with Crippen LogP contribution in [0.4, 0.5) is 13.2 Å². The molecule has 0 saturated carbocycles. The van der Waals surface area contributed by atoms with Crippen molar-refractivity contribution in [3.8, 4) is 11.6 Å². The van der Waals surface area contributed by atoms with E-state index in [0.29, 0.717) is 11.9 Å². The molecule has 2 nitrogen and oxygen atoms in total. The third kappa shape index (κ3) is 2.92. The third-order valence-electron chi connectivity index (χ3n) is 2.04. The lowest BCUT2D eigenvalue weighted by Gasteiger charge is -2.09. The topological polar surface area (TPSA) is 22.1 Å². The van der Waals surface area contributed by atoms with Gasteiger partial charge in [-0.1, -0.05) is 23.7 Å². The van der Waals surface area contributed by atoms with E-state index in [1.807, 2.05) is 0 Å². The number of aromatic nitrogens is 1. The first-order valence-electron chi connectivity index (χ1n) is 4.83. The van der Waals surface area contributed by atoms with Crippen LogP contribution in [-0.4, -0.2) is 4.98 Å². The smallest absolute Gasteiger partial charge is 0.417 e. The van der Waals surface area contributed by atoms with Crippen molar-refractivity contribution in [2.45, 2.75) is 6.18 Å². The average molecular weight is 273 g/mol. The minimum atomic E-state index is -4.48. The van der Waals surface area contributed by atoms with Gasteiger partial charge in [0, 0.05) is 6.20 Å². The van der Waals surface area contributed by atoms with Crippen molar-refractivity contribution < 1.29 is 17.9 Å². The molecule has 0 aliphatic heterocycles. The Morgan fingerprint density at radius 3 is 2.44 bits per heavy atom. The maximum absolute atomic E-state index is 12.4. The summed E-state index contributed by atoms with van der Waals surface area (Å²) in [7, 11) is 0. The monoisotopic (exact) mass is 272 g/mol. The largest absolute Gasteiger partial charge is 0.438 e. The Bertz CT molecular complexity index is 543. The van der Waals surface area contributed by atoms with Crippen LogP contribution in [0.2, 0.25) is 5.02 Å². The Labute approximate surface area is 106 Å². The lowest BCUT2D eigenvalue weighted by molar-refractivity contribution is -0.137. The number of alkyl halides is 3. The zero-order valence-electron chi connectivity index (χ0n) is 8.83. The Balaban J connectivity index is 2.26. The zero-order valence-corrected chi connectivity index (χ0v) is 9.59. The Kier molecular flexibility index (Phi) is 3.43. The first kappa shape index (κ1) is 12.7. The van der Waals surface area contributed by atoms with Crippen molar-refractivity contribution in [2.24, 2.45) is 0 Å². The van der Waals surface area contributed by atoms with Gasteiger partial charge >= 0.3 is 6.18 Å². The number of hydrogen-bond donors (Lipinski definition) is 0. The molecule has 0 fully saturated rings. The predicted molar refractivity (Wildman–Crippen MR) is 59.6 cm³/mol. The van der Waals surface area contributed by atoms with Gasteiger partial charge < -0.3 is 4.74 Å². The SMILES string of the molecule is FC(F)(F)c1cnc(Oc2cc[c]cc2)c(Cl)c1. The molecule has 0 aliphatic carbocycles. The molecule has 0 saturated heterocycles. The van der Waals surface area contributed by atoms with Gasteiger partial charge in [0.15, 0.2) is 0 Å². The van der Waals surface area contributed by atoms with Crippen LogP contribution in [0.3, 0.4) is 0 Å². The zero-order chi connectivity index (χ0) is 13.2. The molecule has 6 heteroatoms. The molecule has 0 N–H and O–H groups in total. The van der Waals surface area contributed by atoms with Crippen molar-refractivity contribution in [3.05, 3.63) is 53.2 Å². The summed E-state index contributed by atoms with van der Waals surface area (Å²) >= 11 is 5.69. The minimum absolute atomic E-state index is 0.0733. The molecule has 0 unspecified atom stereocenters. The summed E-state index contributed by atoms with van der Waals surface area (Å²) in [5, 5.41) is -0.197. The van der Waals surface area contributed by atoms with E-state index in [9.17, 15) is 13.2 Å². The lowest BCUT2D eigenvalue weighted by atomic mass is 10.3. The van der Waals surface area contributed by atoms with E-state index in [1.54, 1.807) is 24.3 Å². The number of rotatable bonds is 2. The first-order chi connectivity index (χ1) is 8.47. The van der Waals surface area contributed by atoms with E-state index in [0.717, 1.165) is 6.07 Å². The van der Waals surface area contributed by atoms with Crippen LogP contribution in [0, 0.1) is 6.07 Å². The molecule has 2 aromatic rings. The van der Waals surface area contributed by atoms with Crippen molar-refractivity contribution in [2.75, 3.05) is 0 Å². The van der Waals surface area contributed by atoms with Gasteiger partial charge in [-0.15, -0.1) is 0 Å². The van der Waals surface area contributed by atoms with E-state index >= 15 is 0 Å². The van der Waals surface area contributed by atoms with E-state index in [1.165, 1.54) is 0 Å². The maximum atomic E-state index is 12.4. The summed E-state index contributed by atoms with van der Waals surface area (Å²) in [6, 6.07) is 9.95. The van der Waals surface area contributed by atoms with Crippen LogP contribution in [-0.2, 0) is 6.18 Å². The molecule has 1 heterocycles. The number of hydrogen-bond acceptors (Lipinski definition) is 2. The quantitative estimate of drug-likeness (QED) is 0.811. The van der Waals surface area contributed by atoms with Gasteiger partial charge in [0.2, 0.25) is 5.88 Å². The Hall–Kier alpha value is -1.75. The van der Waals surface area contributed by atoms with Crippen LogP contribution >= 0.6 is 11.6 Å². The molecular formula is C12H6ClF3NO. The Morgan fingerprint density at radius 1 is 1.22 bits per heavy atom. The molecule has 0 amide bonds. The highest BCUT2D eigenvalue weighted by molar-refractivity contribution is 6.31. The summed E-state index contributed by atoms with van der Waals surface area (Å²) in [5.74, 6) is 0.346. The van der Waals surface area contributed by atoms with Gasteiger partial charge in [-0.3, -0.25) is 0 Å². The molecule has 0 bridgehead atoms. The maximum Gasteiger partial charge on any atom is 0.417 e. The molecule has 18 heavy (non-hydrogen) atoms. The number of pyridine rings is 1. The normalized spacial score (nSPS) is 11.3. The van der Waals surface area contributed by atoms with Crippen LogP contribution in [0.15, 0.2) is 36.5 Å². The second kappa shape index (κ2) is 4.86. The fraction of sp³-hybridized carbons (Fsp3) is 0.0833. The fourth-order valence-electron chi connectivity index (χ4n) is 1.21.